The lowest BCUT2D eigenvalue weighted by molar-refractivity contribution is -0.154. The van der Waals surface area contributed by atoms with E-state index in [2.05, 4.69) is 24.8 Å². The molecule has 0 unspecified atom stereocenters. The Morgan fingerprint density at radius 1 is 1.50 bits per heavy atom. The van der Waals surface area contributed by atoms with Crippen molar-refractivity contribution >= 4 is 5.97 Å². The fourth-order valence-electron chi connectivity index (χ4n) is 2.05. The summed E-state index contributed by atoms with van der Waals surface area (Å²) in [5.74, 6) is -0.346. The smallest absolute Gasteiger partial charge is 0.326 e. The van der Waals surface area contributed by atoms with Crippen molar-refractivity contribution in [3.05, 3.63) is 0 Å². The first kappa shape index (κ1) is 13.0. The van der Waals surface area contributed by atoms with Crippen LogP contribution in [0.3, 0.4) is 0 Å². The van der Waals surface area contributed by atoms with Gasteiger partial charge in [0, 0.05) is 19.1 Å². The highest BCUT2D eigenvalue weighted by atomic mass is 16.5. The molecule has 1 heterocycles. The van der Waals surface area contributed by atoms with Gasteiger partial charge in [-0.15, -0.1) is 0 Å². The molecule has 90 valence electrons. The van der Waals surface area contributed by atoms with Crippen molar-refractivity contribution in [1.29, 1.82) is 5.26 Å². The van der Waals surface area contributed by atoms with Gasteiger partial charge >= 0.3 is 5.97 Å². The van der Waals surface area contributed by atoms with Crippen LogP contribution in [0.1, 0.15) is 33.6 Å². The first-order chi connectivity index (χ1) is 7.55. The number of esters is 1. The van der Waals surface area contributed by atoms with Gasteiger partial charge < -0.3 is 9.64 Å². The summed E-state index contributed by atoms with van der Waals surface area (Å²) in [6.07, 6.45) is 1.17. The van der Waals surface area contributed by atoms with E-state index >= 15 is 0 Å². The van der Waals surface area contributed by atoms with E-state index in [1.807, 2.05) is 0 Å². The molecule has 0 radical (unpaired) electrons. The molecular weight excluding hydrogens is 204 g/mol. The van der Waals surface area contributed by atoms with E-state index in [1.165, 1.54) is 0 Å². The monoisotopic (exact) mass is 224 g/mol. The third kappa shape index (κ3) is 2.53. The molecule has 4 nitrogen and oxygen atoms in total. The van der Waals surface area contributed by atoms with Gasteiger partial charge in [0.05, 0.1) is 12.7 Å². The van der Waals surface area contributed by atoms with Crippen LogP contribution in [0.5, 0.6) is 0 Å². The minimum absolute atomic E-state index is 0.343. The quantitative estimate of drug-likeness (QED) is 0.683. The Kier molecular flexibility index (Phi) is 4.31. The van der Waals surface area contributed by atoms with Crippen molar-refractivity contribution in [2.45, 2.75) is 39.7 Å². The number of rotatable bonds is 3. The van der Waals surface area contributed by atoms with Gasteiger partial charge in [-0.2, -0.15) is 5.26 Å². The average Bonchev–Trinajstić information content (AvgIpc) is 2.29. The van der Waals surface area contributed by atoms with Crippen molar-refractivity contribution < 1.29 is 9.53 Å². The summed E-state index contributed by atoms with van der Waals surface area (Å²) in [7, 11) is 0. The summed E-state index contributed by atoms with van der Waals surface area (Å²) in [6.45, 7) is 7.96. The molecular formula is C12H20N2O2. The Balaban J connectivity index is 2.66. The van der Waals surface area contributed by atoms with E-state index in [9.17, 15) is 10.1 Å². The molecule has 1 saturated heterocycles. The summed E-state index contributed by atoms with van der Waals surface area (Å²) in [5, 5.41) is 9.19. The van der Waals surface area contributed by atoms with E-state index in [0.717, 1.165) is 13.1 Å². The molecule has 1 aliphatic rings. The molecule has 0 amide bonds. The molecule has 4 heteroatoms. The molecule has 16 heavy (non-hydrogen) atoms. The number of nitrogens with zero attached hydrogens (tertiary/aromatic N) is 2. The molecule has 1 aliphatic heterocycles. The lowest BCUT2D eigenvalue weighted by atomic mass is 9.79. The summed E-state index contributed by atoms with van der Waals surface area (Å²) in [4.78, 5) is 14.1. The Labute approximate surface area is 97.2 Å². The number of carbonyl (C=O) groups is 1. The lowest BCUT2D eigenvalue weighted by Gasteiger charge is -2.37. The van der Waals surface area contributed by atoms with Gasteiger partial charge in [-0.05, 0) is 33.6 Å². The van der Waals surface area contributed by atoms with E-state index < -0.39 is 5.41 Å². The van der Waals surface area contributed by atoms with Gasteiger partial charge in [0.25, 0.3) is 0 Å². The first-order valence-electron chi connectivity index (χ1n) is 5.88. The van der Waals surface area contributed by atoms with Crippen LogP contribution in [0.25, 0.3) is 0 Å². The van der Waals surface area contributed by atoms with Crippen LogP contribution in [0.2, 0.25) is 0 Å². The van der Waals surface area contributed by atoms with Gasteiger partial charge in [0.15, 0.2) is 5.41 Å². The SMILES string of the molecule is CCOC(=O)C1(C#N)CCN(C(C)C)CC1. The van der Waals surface area contributed by atoms with Crippen LogP contribution >= 0.6 is 0 Å². The molecule has 1 rings (SSSR count). The van der Waals surface area contributed by atoms with Crippen LogP contribution in [0.15, 0.2) is 0 Å². The zero-order valence-electron chi connectivity index (χ0n) is 10.3. The Morgan fingerprint density at radius 3 is 2.44 bits per heavy atom. The number of nitriles is 1. The number of hydrogen-bond donors (Lipinski definition) is 0. The van der Waals surface area contributed by atoms with Crippen molar-refractivity contribution in [2.24, 2.45) is 5.41 Å². The highest BCUT2D eigenvalue weighted by Gasteiger charge is 2.43. The minimum atomic E-state index is -0.901. The van der Waals surface area contributed by atoms with Crippen LogP contribution in [-0.2, 0) is 9.53 Å². The lowest BCUT2D eigenvalue weighted by Crippen LogP contribution is -2.46. The van der Waals surface area contributed by atoms with Crippen LogP contribution in [0.4, 0.5) is 0 Å². The summed E-state index contributed by atoms with van der Waals surface area (Å²) in [5.41, 5.74) is -0.901. The normalized spacial score (nSPS) is 20.4. The molecule has 0 atom stereocenters. The fraction of sp³-hybridized carbons (Fsp3) is 0.833. The van der Waals surface area contributed by atoms with Crippen molar-refractivity contribution in [3.8, 4) is 6.07 Å². The fourth-order valence-corrected chi connectivity index (χ4v) is 2.05. The number of ether oxygens (including phenoxy) is 1. The predicted octanol–water partition coefficient (Wildman–Crippen LogP) is 1.56. The second-order valence-electron chi connectivity index (χ2n) is 4.54. The van der Waals surface area contributed by atoms with Crippen molar-refractivity contribution in [3.63, 3.8) is 0 Å². The molecule has 0 spiro atoms. The van der Waals surface area contributed by atoms with Crippen LogP contribution in [0, 0.1) is 16.7 Å². The second-order valence-corrected chi connectivity index (χ2v) is 4.54. The third-order valence-corrected chi connectivity index (χ3v) is 3.26. The van der Waals surface area contributed by atoms with Crippen molar-refractivity contribution in [2.75, 3.05) is 19.7 Å². The van der Waals surface area contributed by atoms with Gasteiger partial charge in [-0.3, -0.25) is 4.79 Å². The zero-order chi connectivity index (χ0) is 12.2. The summed E-state index contributed by atoms with van der Waals surface area (Å²) < 4.78 is 4.99. The van der Waals surface area contributed by atoms with E-state index in [-0.39, 0.29) is 5.97 Å². The molecule has 0 aromatic carbocycles. The molecule has 0 bridgehead atoms. The zero-order valence-corrected chi connectivity index (χ0v) is 10.3. The molecule has 0 saturated carbocycles. The molecule has 0 aliphatic carbocycles. The number of likely N-dealkylation sites (tertiary alicyclic amines) is 1. The van der Waals surface area contributed by atoms with Gasteiger partial charge in [0.2, 0.25) is 0 Å². The topological polar surface area (TPSA) is 53.3 Å². The largest absolute Gasteiger partial charge is 0.465 e. The van der Waals surface area contributed by atoms with Gasteiger partial charge in [0.1, 0.15) is 0 Å². The average molecular weight is 224 g/mol. The number of hydrogen-bond acceptors (Lipinski definition) is 4. The molecule has 0 N–H and O–H groups in total. The highest BCUT2D eigenvalue weighted by Crippen LogP contribution is 2.32. The number of carbonyl (C=O) groups excluding carboxylic acids is 1. The summed E-state index contributed by atoms with van der Waals surface area (Å²) >= 11 is 0. The highest BCUT2D eigenvalue weighted by molar-refractivity contribution is 5.80. The van der Waals surface area contributed by atoms with Crippen LogP contribution in [-0.4, -0.2) is 36.6 Å². The van der Waals surface area contributed by atoms with Crippen molar-refractivity contribution in [1.82, 2.24) is 4.90 Å². The summed E-state index contributed by atoms with van der Waals surface area (Å²) in [6, 6.07) is 2.63. The third-order valence-electron chi connectivity index (χ3n) is 3.26. The molecule has 0 aromatic rings. The predicted molar refractivity (Wildman–Crippen MR) is 60.6 cm³/mol. The Bertz CT molecular complexity index is 286. The maximum Gasteiger partial charge on any atom is 0.326 e. The minimum Gasteiger partial charge on any atom is -0.465 e. The standard InChI is InChI=1S/C12H20N2O2/c1-4-16-11(15)12(9-13)5-7-14(8-6-12)10(2)3/h10H,4-8H2,1-3H3. The molecule has 0 aromatic heterocycles. The van der Waals surface area contributed by atoms with Crippen LogP contribution < -0.4 is 0 Å². The first-order valence-corrected chi connectivity index (χ1v) is 5.88. The molecule has 1 fully saturated rings. The van der Waals surface area contributed by atoms with E-state index in [4.69, 9.17) is 4.74 Å². The van der Waals surface area contributed by atoms with Gasteiger partial charge in [-0.25, -0.2) is 0 Å². The maximum atomic E-state index is 11.8. The Hall–Kier alpha value is -1.08. The second kappa shape index (κ2) is 5.31. The van der Waals surface area contributed by atoms with Gasteiger partial charge in [-0.1, -0.05) is 0 Å². The Morgan fingerprint density at radius 2 is 2.06 bits per heavy atom. The number of piperidine rings is 1. The van der Waals surface area contributed by atoms with E-state index in [0.29, 0.717) is 25.5 Å². The maximum absolute atomic E-state index is 11.8. The van der Waals surface area contributed by atoms with E-state index in [1.54, 1.807) is 6.92 Å².